The fourth-order valence-electron chi connectivity index (χ4n) is 1.17. The highest BCUT2D eigenvalue weighted by atomic mass is 35.6. The van der Waals surface area contributed by atoms with Crippen molar-refractivity contribution >= 4 is 93.6 Å². The quantitative estimate of drug-likeness (QED) is 0.353. The molecule has 0 aliphatic heterocycles. The Morgan fingerprint density at radius 3 is 2.05 bits per heavy atom. The normalized spacial score (nSPS) is 14.0. The van der Waals surface area contributed by atoms with Gasteiger partial charge in [0, 0.05) is 6.21 Å². The molecular formula is C13H9Cl6N3. The van der Waals surface area contributed by atoms with Gasteiger partial charge in [-0.2, -0.15) is 0 Å². The van der Waals surface area contributed by atoms with E-state index in [1.807, 2.05) is 30.3 Å². The predicted octanol–water partition coefficient (Wildman–Crippen LogP) is 5.89. The van der Waals surface area contributed by atoms with Crippen molar-refractivity contribution < 1.29 is 0 Å². The van der Waals surface area contributed by atoms with Crippen molar-refractivity contribution in [2.24, 2.45) is 9.98 Å². The zero-order valence-corrected chi connectivity index (χ0v) is 15.3. The molecule has 0 unspecified atom stereocenters. The van der Waals surface area contributed by atoms with Gasteiger partial charge in [0.1, 0.15) is 0 Å². The molecule has 0 aromatic heterocycles. The van der Waals surface area contributed by atoms with E-state index in [0.29, 0.717) is 0 Å². The summed E-state index contributed by atoms with van der Waals surface area (Å²) in [5.41, 5.74) is 0.968. The van der Waals surface area contributed by atoms with E-state index in [-0.39, 0.29) is 5.84 Å². The molecule has 0 spiro atoms. The number of allylic oxidation sites excluding steroid dienone is 1. The summed E-state index contributed by atoms with van der Waals surface area (Å²) in [5.74, 6) is -0.894. The molecule has 1 rings (SSSR count). The molecule has 0 saturated heterocycles. The first-order chi connectivity index (χ1) is 10.1. The summed E-state index contributed by atoms with van der Waals surface area (Å²) in [4.78, 5) is 7.53. The molecule has 1 aromatic carbocycles. The minimum atomic E-state index is -2.03. The molecule has 9 heteroatoms. The van der Waals surface area contributed by atoms with Gasteiger partial charge >= 0.3 is 0 Å². The van der Waals surface area contributed by atoms with Crippen molar-refractivity contribution in [3.8, 4) is 0 Å². The second-order valence-electron chi connectivity index (χ2n) is 3.83. The molecule has 0 aliphatic carbocycles. The van der Waals surface area contributed by atoms with Crippen LogP contribution in [0.3, 0.4) is 0 Å². The van der Waals surface area contributed by atoms with Gasteiger partial charge in [0.25, 0.3) is 0 Å². The summed E-state index contributed by atoms with van der Waals surface area (Å²) >= 11 is 33.7. The van der Waals surface area contributed by atoms with E-state index in [2.05, 4.69) is 9.98 Å². The van der Waals surface area contributed by atoms with E-state index in [1.165, 1.54) is 6.21 Å². The Morgan fingerprint density at radius 2 is 1.55 bits per heavy atom. The van der Waals surface area contributed by atoms with Gasteiger partial charge in [-0.25, -0.2) is 9.98 Å². The van der Waals surface area contributed by atoms with Gasteiger partial charge in [-0.15, -0.1) is 0 Å². The number of nitrogens with one attached hydrogen (secondary N) is 1. The third-order valence-corrected chi connectivity index (χ3v) is 3.16. The average molecular weight is 420 g/mol. The molecule has 3 nitrogen and oxygen atoms in total. The third-order valence-electron chi connectivity index (χ3n) is 2.11. The molecule has 0 fully saturated rings. The number of hydrogen-bond donors (Lipinski definition) is 1. The lowest BCUT2D eigenvalue weighted by Crippen LogP contribution is -2.23. The highest BCUT2D eigenvalue weighted by Crippen LogP contribution is 2.32. The number of rotatable bonds is 2. The Morgan fingerprint density at radius 1 is 0.955 bits per heavy atom. The van der Waals surface area contributed by atoms with Crippen LogP contribution in [-0.4, -0.2) is 25.5 Å². The molecule has 0 aliphatic rings. The van der Waals surface area contributed by atoms with Gasteiger partial charge in [-0.1, -0.05) is 106 Å². The van der Waals surface area contributed by atoms with E-state index >= 15 is 0 Å². The van der Waals surface area contributed by atoms with Crippen molar-refractivity contribution in [3.05, 3.63) is 42.0 Å². The maximum atomic E-state index is 7.51. The van der Waals surface area contributed by atoms with Crippen LogP contribution in [0.25, 0.3) is 6.08 Å². The van der Waals surface area contributed by atoms with Crippen LogP contribution < -0.4 is 0 Å². The fourth-order valence-corrected chi connectivity index (χ4v) is 1.57. The molecule has 0 amide bonds. The summed E-state index contributed by atoms with van der Waals surface area (Å²) in [6, 6.07) is 9.52. The lowest BCUT2D eigenvalue weighted by Gasteiger charge is -2.13. The monoisotopic (exact) mass is 417 g/mol. The maximum absolute atomic E-state index is 7.51. The number of aliphatic imine (C=N–C) groups is 2. The van der Waals surface area contributed by atoms with Crippen LogP contribution >= 0.6 is 69.6 Å². The zero-order valence-electron chi connectivity index (χ0n) is 10.8. The predicted molar refractivity (Wildman–Crippen MR) is 99.7 cm³/mol. The van der Waals surface area contributed by atoms with Gasteiger partial charge in [0.2, 0.25) is 7.59 Å². The maximum Gasteiger partial charge on any atom is 0.250 e. The van der Waals surface area contributed by atoms with Crippen LogP contribution in [0.2, 0.25) is 0 Å². The highest BCUT2D eigenvalue weighted by Gasteiger charge is 2.32. The van der Waals surface area contributed by atoms with Crippen LogP contribution in [0.1, 0.15) is 5.56 Å². The Kier molecular flexibility index (Phi) is 7.66. The van der Waals surface area contributed by atoms with Gasteiger partial charge in [0.05, 0.1) is 0 Å². The summed E-state index contributed by atoms with van der Waals surface area (Å²) in [7, 11) is 0. The van der Waals surface area contributed by atoms with Crippen LogP contribution in [0, 0.1) is 5.41 Å². The molecule has 118 valence electrons. The Balaban J connectivity index is 2.92. The number of amidine groups is 2. The highest BCUT2D eigenvalue weighted by molar-refractivity contribution is 6.78. The molecule has 0 atom stereocenters. The van der Waals surface area contributed by atoms with Gasteiger partial charge in [0.15, 0.2) is 11.7 Å². The second kappa shape index (κ2) is 8.53. The fraction of sp³-hybridized carbons (Fsp3) is 0.154. The third kappa shape index (κ3) is 7.32. The molecule has 22 heavy (non-hydrogen) atoms. The van der Waals surface area contributed by atoms with Crippen LogP contribution in [0.15, 0.2) is 46.4 Å². The molecule has 0 bridgehead atoms. The number of halogens is 6. The summed E-state index contributed by atoms with van der Waals surface area (Å²) in [6.07, 6.45) is 4.78. The average Bonchev–Trinajstić information content (AvgIpc) is 2.40. The van der Waals surface area contributed by atoms with Crippen LogP contribution in [0.4, 0.5) is 0 Å². The van der Waals surface area contributed by atoms with Crippen molar-refractivity contribution in [2.75, 3.05) is 0 Å². The Hall–Kier alpha value is -0.290. The molecule has 0 radical (unpaired) electrons. The SMILES string of the molecule is N=C(N=C(N=C/C=C\c1ccccc1)C(Cl)(Cl)Cl)C(Cl)(Cl)Cl. The molecular weight excluding hydrogens is 411 g/mol. The van der Waals surface area contributed by atoms with Gasteiger partial charge in [-0.05, 0) is 11.6 Å². The summed E-state index contributed by atoms with van der Waals surface area (Å²) in [5, 5.41) is 7.51. The minimum Gasteiger partial charge on any atom is -0.283 e. The number of nitrogens with zero attached hydrogens (tertiary/aromatic N) is 2. The van der Waals surface area contributed by atoms with Crippen molar-refractivity contribution in [2.45, 2.75) is 7.59 Å². The second-order valence-corrected chi connectivity index (χ2v) is 8.39. The van der Waals surface area contributed by atoms with E-state index in [9.17, 15) is 0 Å². The van der Waals surface area contributed by atoms with Crippen molar-refractivity contribution in [1.29, 1.82) is 5.41 Å². The lowest BCUT2D eigenvalue weighted by molar-refractivity contribution is 1.30. The molecule has 0 heterocycles. The minimum absolute atomic E-state index is 0.286. The lowest BCUT2D eigenvalue weighted by atomic mass is 10.2. The zero-order chi connectivity index (χ0) is 16.8. The number of alkyl halides is 6. The van der Waals surface area contributed by atoms with Crippen molar-refractivity contribution in [1.82, 2.24) is 0 Å². The summed E-state index contributed by atoms with van der Waals surface area (Å²) < 4.78 is -3.99. The summed E-state index contributed by atoms with van der Waals surface area (Å²) in [6.45, 7) is 0. The first kappa shape index (κ1) is 19.8. The van der Waals surface area contributed by atoms with E-state index < -0.39 is 13.4 Å². The van der Waals surface area contributed by atoms with E-state index in [0.717, 1.165) is 5.56 Å². The largest absolute Gasteiger partial charge is 0.283 e. The Labute approximate surface area is 158 Å². The first-order valence-corrected chi connectivity index (χ1v) is 7.95. The van der Waals surface area contributed by atoms with Gasteiger partial charge in [-0.3, -0.25) is 5.41 Å². The molecule has 1 N–H and O–H groups in total. The van der Waals surface area contributed by atoms with Crippen LogP contribution in [-0.2, 0) is 0 Å². The number of benzene rings is 1. The van der Waals surface area contributed by atoms with E-state index in [1.54, 1.807) is 12.2 Å². The smallest absolute Gasteiger partial charge is 0.250 e. The first-order valence-electron chi connectivity index (χ1n) is 5.68. The van der Waals surface area contributed by atoms with E-state index in [4.69, 9.17) is 75.0 Å². The number of hydrogen-bond acceptors (Lipinski definition) is 1. The standard InChI is InChI=1S/C13H9Cl6N3/c14-12(15,16)10(20)22-11(13(17,18)19)21-8-4-7-9-5-2-1-3-6-9/h1-8,20H/b7-4-,20-10?,21-8?,22-11?. The van der Waals surface area contributed by atoms with Crippen LogP contribution in [0.5, 0.6) is 0 Å². The van der Waals surface area contributed by atoms with Crippen molar-refractivity contribution in [3.63, 3.8) is 0 Å². The Bertz CT molecular complexity index is 596. The molecule has 0 saturated carbocycles. The topological polar surface area (TPSA) is 48.6 Å². The molecule has 1 aromatic rings. The van der Waals surface area contributed by atoms with Gasteiger partial charge < -0.3 is 0 Å².